The smallest absolute Gasteiger partial charge is 0.335 e. The SMILES string of the molecule is O=C(O)C(O)C(O)c1ccc(-c2ccn[nH]2)cc1. The van der Waals surface area contributed by atoms with Gasteiger partial charge < -0.3 is 15.3 Å². The van der Waals surface area contributed by atoms with Crippen LogP contribution < -0.4 is 0 Å². The maximum absolute atomic E-state index is 10.5. The van der Waals surface area contributed by atoms with E-state index in [4.69, 9.17) is 5.11 Å². The molecule has 0 bridgehead atoms. The number of H-pyrrole nitrogens is 1. The van der Waals surface area contributed by atoms with Gasteiger partial charge in [-0.05, 0) is 17.2 Å². The van der Waals surface area contributed by atoms with Gasteiger partial charge in [-0.2, -0.15) is 5.10 Å². The number of carbonyl (C=O) groups is 1. The molecule has 0 saturated heterocycles. The predicted molar refractivity (Wildman–Crippen MR) is 62.6 cm³/mol. The van der Waals surface area contributed by atoms with Crippen molar-refractivity contribution < 1.29 is 20.1 Å². The predicted octanol–water partition coefficient (Wildman–Crippen LogP) is 0.556. The molecule has 0 saturated carbocycles. The van der Waals surface area contributed by atoms with Gasteiger partial charge in [-0.3, -0.25) is 5.10 Å². The lowest BCUT2D eigenvalue weighted by Crippen LogP contribution is -2.27. The van der Waals surface area contributed by atoms with Gasteiger partial charge in [-0.15, -0.1) is 0 Å². The minimum absolute atomic E-state index is 0.341. The third kappa shape index (κ3) is 2.39. The summed E-state index contributed by atoms with van der Waals surface area (Å²) < 4.78 is 0. The van der Waals surface area contributed by atoms with E-state index < -0.39 is 18.2 Å². The van der Waals surface area contributed by atoms with E-state index in [1.807, 2.05) is 0 Å². The van der Waals surface area contributed by atoms with Gasteiger partial charge in [-0.25, -0.2) is 4.79 Å². The van der Waals surface area contributed by atoms with Crippen molar-refractivity contribution in [3.05, 3.63) is 42.1 Å². The normalized spacial score (nSPS) is 14.1. The second-order valence-electron chi connectivity index (χ2n) is 3.82. The van der Waals surface area contributed by atoms with Gasteiger partial charge in [0, 0.05) is 6.20 Å². The Bertz CT molecular complexity index is 522. The number of aliphatic carboxylic acids is 1. The monoisotopic (exact) mass is 248 g/mol. The molecule has 18 heavy (non-hydrogen) atoms. The number of hydrogen-bond acceptors (Lipinski definition) is 4. The number of aromatic amines is 1. The average molecular weight is 248 g/mol. The maximum atomic E-state index is 10.5. The first-order chi connectivity index (χ1) is 8.59. The van der Waals surface area contributed by atoms with Crippen LogP contribution in [0.25, 0.3) is 11.3 Å². The molecule has 6 heteroatoms. The molecule has 1 aromatic heterocycles. The van der Waals surface area contributed by atoms with Crippen molar-refractivity contribution in [2.75, 3.05) is 0 Å². The van der Waals surface area contributed by atoms with Gasteiger partial charge in [0.25, 0.3) is 0 Å². The van der Waals surface area contributed by atoms with Crippen LogP contribution >= 0.6 is 0 Å². The summed E-state index contributed by atoms with van der Waals surface area (Å²) in [5.74, 6) is -1.46. The number of hydrogen-bond donors (Lipinski definition) is 4. The van der Waals surface area contributed by atoms with Gasteiger partial charge in [0.15, 0.2) is 6.10 Å². The van der Waals surface area contributed by atoms with Gasteiger partial charge in [0.2, 0.25) is 0 Å². The van der Waals surface area contributed by atoms with Crippen molar-refractivity contribution in [1.82, 2.24) is 10.2 Å². The lowest BCUT2D eigenvalue weighted by Gasteiger charge is -2.14. The zero-order valence-electron chi connectivity index (χ0n) is 9.32. The number of aliphatic hydroxyl groups excluding tert-OH is 2. The summed E-state index contributed by atoms with van der Waals surface area (Å²) in [6.07, 6.45) is -1.66. The van der Waals surface area contributed by atoms with Crippen molar-refractivity contribution in [2.45, 2.75) is 12.2 Å². The summed E-state index contributed by atoms with van der Waals surface area (Å²) in [5.41, 5.74) is 2.01. The highest BCUT2D eigenvalue weighted by atomic mass is 16.4. The average Bonchev–Trinajstić information content (AvgIpc) is 2.91. The number of aromatic nitrogens is 2. The van der Waals surface area contributed by atoms with Crippen LogP contribution in [-0.2, 0) is 4.79 Å². The Kier molecular flexibility index (Phi) is 3.40. The van der Waals surface area contributed by atoms with E-state index in [-0.39, 0.29) is 0 Å². The van der Waals surface area contributed by atoms with Crippen LogP contribution in [-0.4, -0.2) is 37.6 Å². The Balaban J connectivity index is 2.20. The number of aliphatic hydroxyl groups is 2. The first-order valence-electron chi connectivity index (χ1n) is 5.28. The highest BCUT2D eigenvalue weighted by Gasteiger charge is 2.24. The molecule has 0 aliphatic rings. The molecule has 94 valence electrons. The molecule has 0 radical (unpaired) electrons. The first-order valence-corrected chi connectivity index (χ1v) is 5.28. The molecule has 1 aromatic carbocycles. The van der Waals surface area contributed by atoms with Crippen LogP contribution in [0.1, 0.15) is 11.7 Å². The highest BCUT2D eigenvalue weighted by molar-refractivity contribution is 5.73. The molecule has 2 aromatic rings. The maximum Gasteiger partial charge on any atom is 0.335 e. The molecule has 0 amide bonds. The molecule has 0 aliphatic carbocycles. The topological polar surface area (TPSA) is 106 Å². The van der Waals surface area contributed by atoms with Crippen LogP contribution in [0.3, 0.4) is 0 Å². The Hall–Kier alpha value is -2.18. The van der Waals surface area contributed by atoms with E-state index in [1.54, 1.807) is 36.5 Å². The molecular weight excluding hydrogens is 236 g/mol. The van der Waals surface area contributed by atoms with Crippen LogP contribution in [0.15, 0.2) is 36.5 Å². The van der Waals surface area contributed by atoms with Crippen molar-refractivity contribution in [3.63, 3.8) is 0 Å². The van der Waals surface area contributed by atoms with E-state index in [0.717, 1.165) is 11.3 Å². The lowest BCUT2D eigenvalue weighted by molar-refractivity contribution is -0.153. The highest BCUT2D eigenvalue weighted by Crippen LogP contribution is 2.22. The van der Waals surface area contributed by atoms with Crippen LogP contribution in [0.5, 0.6) is 0 Å². The van der Waals surface area contributed by atoms with Crippen LogP contribution in [0.4, 0.5) is 0 Å². The molecule has 0 fully saturated rings. The molecule has 2 rings (SSSR count). The minimum Gasteiger partial charge on any atom is -0.479 e. The third-order valence-electron chi connectivity index (χ3n) is 2.62. The largest absolute Gasteiger partial charge is 0.479 e. The first kappa shape index (κ1) is 12.3. The van der Waals surface area contributed by atoms with Gasteiger partial charge in [0.05, 0.1) is 5.69 Å². The van der Waals surface area contributed by atoms with E-state index in [9.17, 15) is 15.0 Å². The van der Waals surface area contributed by atoms with Crippen molar-refractivity contribution in [3.8, 4) is 11.3 Å². The van der Waals surface area contributed by atoms with Crippen molar-refractivity contribution in [2.24, 2.45) is 0 Å². The van der Waals surface area contributed by atoms with E-state index >= 15 is 0 Å². The minimum atomic E-state index is -1.83. The Morgan fingerprint density at radius 2 is 1.83 bits per heavy atom. The fraction of sp³-hybridized carbons (Fsp3) is 0.167. The number of carboxylic acid groups (broad SMARTS) is 1. The molecule has 0 aliphatic heterocycles. The number of rotatable bonds is 4. The molecule has 6 nitrogen and oxygen atoms in total. The summed E-state index contributed by atoms with van der Waals surface area (Å²) in [6, 6.07) is 8.33. The van der Waals surface area contributed by atoms with Crippen molar-refractivity contribution in [1.29, 1.82) is 0 Å². The summed E-state index contributed by atoms with van der Waals surface area (Å²) in [4.78, 5) is 10.5. The summed E-state index contributed by atoms with van der Waals surface area (Å²) >= 11 is 0. The number of nitrogens with zero attached hydrogens (tertiary/aromatic N) is 1. The van der Waals surface area contributed by atoms with Crippen LogP contribution in [0.2, 0.25) is 0 Å². The lowest BCUT2D eigenvalue weighted by atomic mass is 10.0. The number of benzene rings is 1. The van der Waals surface area contributed by atoms with Gasteiger partial charge in [-0.1, -0.05) is 24.3 Å². The molecular formula is C12H12N2O4. The quantitative estimate of drug-likeness (QED) is 0.632. The molecule has 4 N–H and O–H groups in total. The van der Waals surface area contributed by atoms with Crippen molar-refractivity contribution >= 4 is 5.97 Å². The fourth-order valence-electron chi connectivity index (χ4n) is 1.59. The van der Waals surface area contributed by atoms with E-state index in [1.165, 1.54) is 0 Å². The molecule has 0 spiro atoms. The van der Waals surface area contributed by atoms with Gasteiger partial charge >= 0.3 is 5.97 Å². The second-order valence-corrected chi connectivity index (χ2v) is 3.82. The molecule has 2 unspecified atom stereocenters. The van der Waals surface area contributed by atoms with Gasteiger partial charge in [0.1, 0.15) is 6.10 Å². The van der Waals surface area contributed by atoms with E-state index in [2.05, 4.69) is 10.2 Å². The molecule has 2 atom stereocenters. The Labute approximate surface area is 103 Å². The number of nitrogens with one attached hydrogen (secondary N) is 1. The Morgan fingerprint density at radius 3 is 2.33 bits per heavy atom. The van der Waals surface area contributed by atoms with E-state index in [0.29, 0.717) is 5.56 Å². The zero-order chi connectivity index (χ0) is 13.1. The standard InChI is InChI=1S/C12H12N2O4/c15-10(11(16)12(17)18)8-3-1-7(2-4-8)9-5-6-13-14-9/h1-6,10-11,15-16H,(H,13,14)(H,17,18). The fourth-order valence-corrected chi connectivity index (χ4v) is 1.59. The molecule has 1 heterocycles. The summed E-state index contributed by atoms with van der Waals surface area (Å²) in [7, 11) is 0. The number of carboxylic acids is 1. The third-order valence-corrected chi connectivity index (χ3v) is 2.62. The zero-order valence-corrected chi connectivity index (χ0v) is 9.32. The second kappa shape index (κ2) is 4.99. The summed E-state index contributed by atoms with van der Waals surface area (Å²) in [6.45, 7) is 0. The Morgan fingerprint density at radius 1 is 1.17 bits per heavy atom. The van der Waals surface area contributed by atoms with Crippen LogP contribution in [0, 0.1) is 0 Å². The summed E-state index contributed by atoms with van der Waals surface area (Å²) in [5, 5.41) is 34.1.